The zero-order valence-corrected chi connectivity index (χ0v) is 17.6. The third-order valence-electron chi connectivity index (χ3n) is 5.97. The Kier molecular flexibility index (Phi) is 8.51. The molecule has 0 spiro atoms. The molecule has 1 aliphatic heterocycles. The zero-order chi connectivity index (χ0) is 21.3. The Balaban J connectivity index is 1.45. The molecule has 1 unspecified atom stereocenters. The summed E-state index contributed by atoms with van der Waals surface area (Å²) in [6, 6.07) is 5.64. The van der Waals surface area contributed by atoms with Crippen LogP contribution in [0.5, 0.6) is 5.75 Å². The number of benzene rings is 1. The van der Waals surface area contributed by atoms with Crippen LogP contribution in [0.1, 0.15) is 56.9 Å². The normalized spacial score (nSPS) is 17.7. The highest BCUT2D eigenvalue weighted by Crippen LogP contribution is 2.27. The topological polar surface area (TPSA) is 99.1 Å². The van der Waals surface area contributed by atoms with Gasteiger partial charge in [-0.15, -0.1) is 0 Å². The summed E-state index contributed by atoms with van der Waals surface area (Å²) in [5.41, 5.74) is 1.91. The summed E-state index contributed by atoms with van der Waals surface area (Å²) in [5, 5.41) is 21.9. The first-order valence-electron chi connectivity index (χ1n) is 11.2. The fraction of sp³-hybridized carbons (Fsp3) is 0.652. The summed E-state index contributed by atoms with van der Waals surface area (Å²) in [6.45, 7) is 0.934. The lowest BCUT2D eigenvalue weighted by Gasteiger charge is -2.31. The van der Waals surface area contributed by atoms with Gasteiger partial charge < -0.3 is 25.2 Å². The summed E-state index contributed by atoms with van der Waals surface area (Å²) < 4.78 is 5.81. The first kappa shape index (κ1) is 22.6. The Morgan fingerprint density at radius 3 is 2.80 bits per heavy atom. The molecule has 3 rings (SSSR count). The maximum absolute atomic E-state index is 12.7. The molecule has 3 N–H and O–H groups in total. The molecule has 2 amide bonds. The minimum absolute atomic E-state index is 0.00447. The standard InChI is InChI=1S/C23H34N2O5/c26-16-19(27)15-25(14-17-5-2-1-3-6-17)23(29)7-4-12-30-20-9-10-21-18(13-20)8-11-22(28)24-21/h9-10,13,17,19,26-27H,1-8,11-12,14-16H2,(H,24,28). The molecule has 1 aromatic carbocycles. The molecule has 7 heteroatoms. The number of carbonyl (C=O) groups excluding carboxylic acids is 2. The van der Waals surface area contributed by atoms with Gasteiger partial charge in [0.05, 0.1) is 19.3 Å². The second kappa shape index (κ2) is 11.3. The summed E-state index contributed by atoms with van der Waals surface area (Å²) in [5.74, 6) is 1.27. The number of hydrogen-bond acceptors (Lipinski definition) is 5. The minimum Gasteiger partial charge on any atom is -0.494 e. The molecule has 30 heavy (non-hydrogen) atoms. The highest BCUT2D eigenvalue weighted by molar-refractivity contribution is 5.94. The van der Waals surface area contributed by atoms with Gasteiger partial charge in [0.1, 0.15) is 5.75 Å². The van der Waals surface area contributed by atoms with Crippen molar-refractivity contribution in [3.63, 3.8) is 0 Å². The second-order valence-corrected chi connectivity index (χ2v) is 8.46. The van der Waals surface area contributed by atoms with Crippen molar-refractivity contribution in [2.24, 2.45) is 5.92 Å². The Morgan fingerprint density at radius 2 is 2.03 bits per heavy atom. The number of nitrogens with zero attached hydrogens (tertiary/aromatic N) is 1. The maximum atomic E-state index is 12.7. The number of nitrogens with one attached hydrogen (secondary N) is 1. The molecule has 1 aromatic rings. The Bertz CT molecular complexity index is 718. The van der Waals surface area contributed by atoms with Crippen LogP contribution in [0.15, 0.2) is 18.2 Å². The molecular weight excluding hydrogens is 384 g/mol. The van der Waals surface area contributed by atoms with Gasteiger partial charge >= 0.3 is 0 Å². The second-order valence-electron chi connectivity index (χ2n) is 8.46. The zero-order valence-electron chi connectivity index (χ0n) is 17.6. The highest BCUT2D eigenvalue weighted by atomic mass is 16.5. The van der Waals surface area contributed by atoms with Crippen molar-refractivity contribution >= 4 is 17.5 Å². The van der Waals surface area contributed by atoms with Crippen molar-refractivity contribution in [1.29, 1.82) is 0 Å². The number of aryl methyl sites for hydroxylation is 1. The molecule has 1 fully saturated rings. The molecule has 0 bridgehead atoms. The van der Waals surface area contributed by atoms with Crippen LogP contribution < -0.4 is 10.1 Å². The van der Waals surface area contributed by atoms with E-state index in [4.69, 9.17) is 4.74 Å². The van der Waals surface area contributed by atoms with E-state index in [-0.39, 0.29) is 25.0 Å². The molecular formula is C23H34N2O5. The first-order valence-corrected chi connectivity index (χ1v) is 11.2. The fourth-order valence-corrected chi connectivity index (χ4v) is 4.29. The van der Waals surface area contributed by atoms with Gasteiger partial charge in [-0.05, 0) is 55.4 Å². The monoisotopic (exact) mass is 418 g/mol. The van der Waals surface area contributed by atoms with Crippen molar-refractivity contribution in [2.75, 3.05) is 31.6 Å². The van der Waals surface area contributed by atoms with Crippen LogP contribution in [0.4, 0.5) is 5.69 Å². The lowest BCUT2D eigenvalue weighted by molar-refractivity contribution is -0.134. The fourth-order valence-electron chi connectivity index (χ4n) is 4.29. The van der Waals surface area contributed by atoms with Crippen LogP contribution in [0.3, 0.4) is 0 Å². The van der Waals surface area contributed by atoms with Gasteiger partial charge in [-0.3, -0.25) is 9.59 Å². The molecule has 1 heterocycles. The predicted octanol–water partition coefficient (Wildman–Crippen LogP) is 2.49. The molecule has 0 radical (unpaired) electrons. The van der Waals surface area contributed by atoms with Crippen molar-refractivity contribution in [1.82, 2.24) is 4.90 Å². The molecule has 1 saturated carbocycles. The number of aliphatic hydroxyl groups excluding tert-OH is 2. The molecule has 2 aliphatic rings. The van der Waals surface area contributed by atoms with E-state index >= 15 is 0 Å². The van der Waals surface area contributed by atoms with Crippen LogP contribution in [0.25, 0.3) is 0 Å². The van der Waals surface area contributed by atoms with Gasteiger partial charge in [0.15, 0.2) is 0 Å². The Hall–Kier alpha value is -2.12. The van der Waals surface area contributed by atoms with E-state index in [0.717, 1.165) is 29.8 Å². The quantitative estimate of drug-likeness (QED) is 0.507. The van der Waals surface area contributed by atoms with Gasteiger partial charge in [-0.2, -0.15) is 0 Å². The van der Waals surface area contributed by atoms with Crippen molar-refractivity contribution in [2.45, 2.75) is 63.9 Å². The number of anilines is 1. The van der Waals surface area contributed by atoms with Crippen LogP contribution in [0.2, 0.25) is 0 Å². The lowest BCUT2D eigenvalue weighted by atomic mass is 9.89. The van der Waals surface area contributed by atoms with Crippen LogP contribution in [0, 0.1) is 5.92 Å². The van der Waals surface area contributed by atoms with Gasteiger partial charge in [-0.25, -0.2) is 0 Å². The summed E-state index contributed by atoms with van der Waals surface area (Å²) in [7, 11) is 0. The van der Waals surface area contributed by atoms with Crippen molar-refractivity contribution in [3.8, 4) is 5.75 Å². The van der Waals surface area contributed by atoms with E-state index < -0.39 is 6.10 Å². The first-order chi connectivity index (χ1) is 14.5. The smallest absolute Gasteiger partial charge is 0.224 e. The van der Waals surface area contributed by atoms with E-state index in [2.05, 4.69) is 5.32 Å². The number of rotatable bonds is 10. The summed E-state index contributed by atoms with van der Waals surface area (Å²) in [6.07, 6.45) is 7.15. The van der Waals surface area contributed by atoms with E-state index in [9.17, 15) is 19.8 Å². The van der Waals surface area contributed by atoms with Gasteiger partial charge in [0.25, 0.3) is 0 Å². The van der Waals surface area contributed by atoms with Crippen LogP contribution in [-0.2, 0) is 16.0 Å². The number of carbonyl (C=O) groups is 2. The number of hydrogen-bond donors (Lipinski definition) is 3. The molecule has 1 atom stereocenters. The number of fused-ring (bicyclic) bond motifs is 1. The number of amides is 2. The largest absolute Gasteiger partial charge is 0.494 e. The Morgan fingerprint density at radius 1 is 1.23 bits per heavy atom. The predicted molar refractivity (Wildman–Crippen MR) is 114 cm³/mol. The third-order valence-corrected chi connectivity index (χ3v) is 5.97. The van der Waals surface area contributed by atoms with E-state index in [0.29, 0.717) is 44.8 Å². The Labute approximate surface area is 178 Å². The maximum Gasteiger partial charge on any atom is 0.224 e. The average Bonchev–Trinajstić information content (AvgIpc) is 2.76. The van der Waals surface area contributed by atoms with Crippen LogP contribution in [-0.4, -0.2) is 59.3 Å². The average molecular weight is 419 g/mol. The summed E-state index contributed by atoms with van der Waals surface area (Å²) in [4.78, 5) is 25.9. The SMILES string of the molecule is O=C1CCc2cc(OCCCC(=O)N(CC(O)CO)CC3CCCCC3)ccc2N1. The molecule has 7 nitrogen and oxygen atoms in total. The van der Waals surface area contributed by atoms with Crippen LogP contribution >= 0.6 is 0 Å². The van der Waals surface area contributed by atoms with Gasteiger partial charge in [0, 0.05) is 31.6 Å². The third kappa shape index (κ3) is 6.71. The molecule has 1 aliphatic carbocycles. The van der Waals surface area contributed by atoms with Crippen molar-refractivity contribution < 1.29 is 24.5 Å². The van der Waals surface area contributed by atoms with E-state index in [1.807, 2.05) is 18.2 Å². The minimum atomic E-state index is -0.898. The van der Waals surface area contributed by atoms with Gasteiger partial charge in [-0.1, -0.05) is 19.3 Å². The highest BCUT2D eigenvalue weighted by Gasteiger charge is 2.22. The molecule has 0 saturated heterocycles. The van der Waals surface area contributed by atoms with E-state index in [1.54, 1.807) is 4.90 Å². The lowest BCUT2D eigenvalue weighted by Crippen LogP contribution is -2.42. The van der Waals surface area contributed by atoms with Crippen molar-refractivity contribution in [3.05, 3.63) is 23.8 Å². The summed E-state index contributed by atoms with van der Waals surface area (Å²) >= 11 is 0. The number of ether oxygens (including phenoxy) is 1. The van der Waals surface area contributed by atoms with E-state index in [1.165, 1.54) is 19.3 Å². The number of aliphatic hydroxyl groups is 2. The van der Waals surface area contributed by atoms with Gasteiger partial charge in [0.2, 0.25) is 11.8 Å². The molecule has 0 aromatic heterocycles. The molecule has 166 valence electrons.